The van der Waals surface area contributed by atoms with Crippen molar-refractivity contribution in [2.45, 2.75) is 13.8 Å². The Bertz CT molecular complexity index is 717. The van der Waals surface area contributed by atoms with E-state index in [1.807, 2.05) is 74.5 Å². The van der Waals surface area contributed by atoms with E-state index in [1.165, 1.54) is 0 Å². The fraction of sp³-hybridized carbons (Fsp3) is 0.105. The minimum Gasteiger partial charge on any atom is -0.451 e. The lowest BCUT2D eigenvalue weighted by molar-refractivity contribution is 0.402. The number of pyridine rings is 1. The van der Waals surface area contributed by atoms with Gasteiger partial charge in [-0.1, -0.05) is 36.4 Å². The average molecular weight is 291 g/mol. The zero-order valence-corrected chi connectivity index (χ0v) is 12.6. The van der Waals surface area contributed by atoms with Gasteiger partial charge in [-0.25, -0.2) is 4.98 Å². The van der Waals surface area contributed by atoms with E-state index in [4.69, 9.17) is 9.47 Å². The average Bonchev–Trinajstić information content (AvgIpc) is 2.53. The van der Waals surface area contributed by atoms with E-state index in [0.29, 0.717) is 11.6 Å². The van der Waals surface area contributed by atoms with Gasteiger partial charge < -0.3 is 9.47 Å². The topological polar surface area (TPSA) is 31.4 Å². The van der Waals surface area contributed by atoms with Crippen molar-refractivity contribution >= 4 is 0 Å². The SMILES string of the molecule is Cc1ccccc1Oc1cccnc1Oc1ccccc1C. The standard InChI is InChI=1S/C19H17NO2/c1-14-8-3-5-10-16(14)21-18-12-7-13-20-19(18)22-17-11-6-4-9-15(17)2/h3-13H,1-2H3. The normalized spacial score (nSPS) is 10.3. The molecule has 0 fully saturated rings. The van der Waals surface area contributed by atoms with E-state index in [0.717, 1.165) is 22.6 Å². The first-order valence-corrected chi connectivity index (χ1v) is 7.16. The van der Waals surface area contributed by atoms with Gasteiger partial charge in [-0.15, -0.1) is 0 Å². The molecular formula is C19H17NO2. The molecule has 110 valence electrons. The van der Waals surface area contributed by atoms with Gasteiger partial charge >= 0.3 is 0 Å². The molecule has 0 unspecified atom stereocenters. The van der Waals surface area contributed by atoms with Crippen LogP contribution in [0.5, 0.6) is 23.1 Å². The van der Waals surface area contributed by atoms with Gasteiger partial charge in [-0.2, -0.15) is 0 Å². The van der Waals surface area contributed by atoms with Gasteiger partial charge in [0.05, 0.1) is 0 Å². The summed E-state index contributed by atoms with van der Waals surface area (Å²) in [6.45, 7) is 4.01. The highest BCUT2D eigenvalue weighted by molar-refractivity contribution is 5.43. The lowest BCUT2D eigenvalue weighted by Crippen LogP contribution is -1.94. The molecule has 0 spiro atoms. The van der Waals surface area contributed by atoms with Crippen LogP contribution in [0.15, 0.2) is 66.9 Å². The van der Waals surface area contributed by atoms with Crippen LogP contribution in [-0.4, -0.2) is 4.98 Å². The smallest absolute Gasteiger partial charge is 0.263 e. The second-order valence-electron chi connectivity index (χ2n) is 5.04. The number of rotatable bonds is 4. The number of hydrogen-bond acceptors (Lipinski definition) is 3. The van der Waals surface area contributed by atoms with Gasteiger partial charge in [-0.05, 0) is 49.2 Å². The molecule has 0 saturated heterocycles. The Kier molecular flexibility index (Phi) is 4.05. The summed E-state index contributed by atoms with van der Waals surface area (Å²) in [7, 11) is 0. The summed E-state index contributed by atoms with van der Waals surface area (Å²) in [5.41, 5.74) is 2.11. The van der Waals surface area contributed by atoms with Gasteiger partial charge in [0.1, 0.15) is 11.5 Å². The van der Waals surface area contributed by atoms with Crippen molar-refractivity contribution in [1.29, 1.82) is 0 Å². The molecule has 0 N–H and O–H groups in total. The molecule has 0 atom stereocenters. The van der Waals surface area contributed by atoms with E-state index < -0.39 is 0 Å². The maximum atomic E-state index is 5.96. The van der Waals surface area contributed by atoms with E-state index in [1.54, 1.807) is 6.20 Å². The molecule has 1 heterocycles. The lowest BCUT2D eigenvalue weighted by atomic mass is 10.2. The zero-order chi connectivity index (χ0) is 15.4. The predicted octanol–water partition coefficient (Wildman–Crippen LogP) is 5.28. The Morgan fingerprint density at radius 1 is 0.636 bits per heavy atom. The van der Waals surface area contributed by atoms with Gasteiger partial charge in [-0.3, -0.25) is 0 Å². The molecule has 3 heteroatoms. The molecule has 2 aromatic carbocycles. The molecule has 0 aliphatic carbocycles. The second-order valence-corrected chi connectivity index (χ2v) is 5.04. The van der Waals surface area contributed by atoms with Crippen molar-refractivity contribution in [1.82, 2.24) is 4.98 Å². The van der Waals surface area contributed by atoms with Crippen LogP contribution in [0.3, 0.4) is 0 Å². The fourth-order valence-electron chi connectivity index (χ4n) is 2.09. The summed E-state index contributed by atoms with van der Waals surface area (Å²) in [6, 6.07) is 19.4. The first-order valence-electron chi connectivity index (χ1n) is 7.16. The number of aromatic nitrogens is 1. The van der Waals surface area contributed by atoms with Crippen molar-refractivity contribution in [2.75, 3.05) is 0 Å². The minimum absolute atomic E-state index is 0.458. The first-order chi connectivity index (χ1) is 10.7. The molecule has 1 aromatic heterocycles. The van der Waals surface area contributed by atoms with E-state index in [-0.39, 0.29) is 0 Å². The predicted molar refractivity (Wildman–Crippen MR) is 86.7 cm³/mol. The maximum absolute atomic E-state index is 5.96. The molecule has 0 saturated carbocycles. The van der Waals surface area contributed by atoms with E-state index in [9.17, 15) is 0 Å². The monoisotopic (exact) mass is 291 g/mol. The molecule has 0 radical (unpaired) electrons. The van der Waals surface area contributed by atoms with Gasteiger partial charge in [0.15, 0.2) is 5.75 Å². The Morgan fingerprint density at radius 2 is 1.18 bits per heavy atom. The van der Waals surface area contributed by atoms with Crippen LogP contribution in [-0.2, 0) is 0 Å². The Balaban J connectivity index is 1.91. The lowest BCUT2D eigenvalue weighted by Gasteiger charge is -2.13. The first kappa shape index (κ1) is 14.1. The third-order valence-corrected chi connectivity index (χ3v) is 3.35. The summed E-state index contributed by atoms with van der Waals surface area (Å²) in [4.78, 5) is 4.29. The number of nitrogens with zero attached hydrogens (tertiary/aromatic N) is 1. The third kappa shape index (κ3) is 3.09. The number of ether oxygens (including phenoxy) is 2. The largest absolute Gasteiger partial charge is 0.451 e. The van der Waals surface area contributed by atoms with Gasteiger partial charge in [0, 0.05) is 6.20 Å². The molecule has 0 amide bonds. The van der Waals surface area contributed by atoms with Crippen LogP contribution >= 0.6 is 0 Å². The van der Waals surface area contributed by atoms with Crippen molar-refractivity contribution in [3.63, 3.8) is 0 Å². The van der Waals surface area contributed by atoms with Crippen LogP contribution < -0.4 is 9.47 Å². The number of aryl methyl sites for hydroxylation is 2. The number of hydrogen-bond donors (Lipinski definition) is 0. The second kappa shape index (κ2) is 6.31. The molecular weight excluding hydrogens is 274 g/mol. The summed E-state index contributed by atoms with van der Waals surface area (Å²) in [5.74, 6) is 2.63. The highest BCUT2D eigenvalue weighted by atomic mass is 16.5. The van der Waals surface area contributed by atoms with Crippen molar-refractivity contribution < 1.29 is 9.47 Å². The van der Waals surface area contributed by atoms with Crippen molar-refractivity contribution in [3.05, 3.63) is 78.0 Å². The third-order valence-electron chi connectivity index (χ3n) is 3.35. The Labute approximate surface area is 130 Å². The highest BCUT2D eigenvalue weighted by Gasteiger charge is 2.10. The Morgan fingerprint density at radius 3 is 1.82 bits per heavy atom. The van der Waals surface area contributed by atoms with Crippen LogP contribution in [0.2, 0.25) is 0 Å². The molecule has 0 aliphatic heterocycles. The van der Waals surface area contributed by atoms with E-state index in [2.05, 4.69) is 4.98 Å². The van der Waals surface area contributed by atoms with Gasteiger partial charge in [0.2, 0.25) is 0 Å². The van der Waals surface area contributed by atoms with Crippen LogP contribution in [0.25, 0.3) is 0 Å². The minimum atomic E-state index is 0.458. The van der Waals surface area contributed by atoms with Crippen molar-refractivity contribution in [2.24, 2.45) is 0 Å². The molecule has 0 aliphatic rings. The van der Waals surface area contributed by atoms with Crippen LogP contribution in [0, 0.1) is 13.8 Å². The summed E-state index contributed by atoms with van der Waals surface area (Å²) in [5, 5.41) is 0. The fourth-order valence-corrected chi connectivity index (χ4v) is 2.09. The summed E-state index contributed by atoms with van der Waals surface area (Å²) >= 11 is 0. The van der Waals surface area contributed by atoms with Crippen LogP contribution in [0.4, 0.5) is 0 Å². The number of para-hydroxylation sites is 2. The molecule has 0 bridgehead atoms. The quantitative estimate of drug-likeness (QED) is 0.655. The molecule has 22 heavy (non-hydrogen) atoms. The Hall–Kier alpha value is -2.81. The summed E-state index contributed by atoms with van der Waals surface area (Å²) in [6.07, 6.45) is 1.69. The highest BCUT2D eigenvalue weighted by Crippen LogP contribution is 2.34. The van der Waals surface area contributed by atoms with E-state index >= 15 is 0 Å². The van der Waals surface area contributed by atoms with Crippen molar-refractivity contribution in [3.8, 4) is 23.1 Å². The molecule has 3 aromatic rings. The summed E-state index contributed by atoms with van der Waals surface area (Å²) < 4.78 is 11.9. The zero-order valence-electron chi connectivity index (χ0n) is 12.6. The molecule has 3 rings (SSSR count). The van der Waals surface area contributed by atoms with Gasteiger partial charge in [0.25, 0.3) is 5.88 Å². The maximum Gasteiger partial charge on any atom is 0.263 e. The van der Waals surface area contributed by atoms with Crippen LogP contribution in [0.1, 0.15) is 11.1 Å². The molecule has 3 nitrogen and oxygen atoms in total. The number of benzene rings is 2.